The van der Waals surface area contributed by atoms with Gasteiger partial charge in [-0.2, -0.15) is 4.31 Å². The molecule has 1 atom stereocenters. The Morgan fingerprint density at radius 3 is 2.74 bits per heavy atom. The molecule has 6 heteroatoms. The van der Waals surface area contributed by atoms with Crippen molar-refractivity contribution >= 4 is 10.0 Å². The number of nitrogens with zero attached hydrogens (tertiary/aromatic N) is 1. The average Bonchev–Trinajstić information content (AvgIpc) is 2.55. The van der Waals surface area contributed by atoms with Gasteiger partial charge in [0.2, 0.25) is 10.0 Å². The van der Waals surface area contributed by atoms with Crippen LogP contribution in [0.3, 0.4) is 0 Å². The third-order valence-corrected chi connectivity index (χ3v) is 6.99. The summed E-state index contributed by atoms with van der Waals surface area (Å²) in [5.74, 6) is 0.428. The molecule has 0 bridgehead atoms. The monoisotopic (exact) mass is 338 g/mol. The fourth-order valence-electron chi connectivity index (χ4n) is 3.87. The van der Waals surface area contributed by atoms with E-state index in [4.69, 9.17) is 4.74 Å². The van der Waals surface area contributed by atoms with Crippen molar-refractivity contribution in [2.45, 2.75) is 37.5 Å². The van der Waals surface area contributed by atoms with Crippen molar-refractivity contribution < 1.29 is 13.2 Å². The zero-order chi connectivity index (χ0) is 16.5. The van der Waals surface area contributed by atoms with E-state index in [1.54, 1.807) is 16.4 Å². The van der Waals surface area contributed by atoms with Crippen molar-refractivity contribution in [3.63, 3.8) is 0 Å². The molecule has 1 aromatic rings. The SMILES string of the molecule is COc1ccc(C)cc1S(=O)(=O)N1CCCC2(CCCNC2)C1. The smallest absolute Gasteiger partial charge is 0.246 e. The number of aryl methyl sites for hydroxylation is 1. The predicted molar refractivity (Wildman–Crippen MR) is 90.3 cm³/mol. The van der Waals surface area contributed by atoms with Crippen LogP contribution in [0.25, 0.3) is 0 Å². The third-order valence-electron chi connectivity index (χ3n) is 5.12. The zero-order valence-corrected chi connectivity index (χ0v) is 14.8. The summed E-state index contributed by atoms with van der Waals surface area (Å²) in [5.41, 5.74) is 1.02. The van der Waals surface area contributed by atoms with Crippen molar-refractivity contribution in [3.05, 3.63) is 23.8 Å². The maximum absolute atomic E-state index is 13.2. The third kappa shape index (κ3) is 3.25. The molecule has 0 radical (unpaired) electrons. The number of methoxy groups -OCH3 is 1. The minimum atomic E-state index is -3.52. The van der Waals surface area contributed by atoms with Gasteiger partial charge in [0.15, 0.2) is 0 Å². The van der Waals surface area contributed by atoms with Gasteiger partial charge in [-0.3, -0.25) is 0 Å². The molecule has 2 aliphatic rings. The first-order valence-electron chi connectivity index (χ1n) is 8.32. The van der Waals surface area contributed by atoms with Crippen LogP contribution < -0.4 is 10.1 Å². The van der Waals surface area contributed by atoms with Gasteiger partial charge in [-0.25, -0.2) is 8.42 Å². The van der Waals surface area contributed by atoms with Crippen molar-refractivity contribution in [3.8, 4) is 5.75 Å². The zero-order valence-electron chi connectivity index (χ0n) is 14.0. The first-order valence-corrected chi connectivity index (χ1v) is 9.76. The molecule has 0 amide bonds. The number of piperidine rings is 2. The van der Waals surface area contributed by atoms with Crippen LogP contribution in [0.1, 0.15) is 31.2 Å². The van der Waals surface area contributed by atoms with E-state index >= 15 is 0 Å². The number of hydrogen-bond acceptors (Lipinski definition) is 4. The van der Waals surface area contributed by atoms with Crippen LogP contribution in [-0.4, -0.2) is 46.0 Å². The summed E-state index contributed by atoms with van der Waals surface area (Å²) >= 11 is 0. The Bertz CT molecular complexity index is 661. The van der Waals surface area contributed by atoms with E-state index in [9.17, 15) is 8.42 Å². The Labute approximate surface area is 139 Å². The largest absolute Gasteiger partial charge is 0.495 e. The Hall–Kier alpha value is -1.11. The molecule has 0 saturated carbocycles. The van der Waals surface area contributed by atoms with Crippen molar-refractivity contribution in [1.82, 2.24) is 9.62 Å². The Kier molecular flexibility index (Phi) is 4.67. The van der Waals surface area contributed by atoms with E-state index in [0.29, 0.717) is 23.7 Å². The molecule has 2 fully saturated rings. The fourth-order valence-corrected chi connectivity index (χ4v) is 5.70. The first kappa shape index (κ1) is 16.7. The number of hydrogen-bond donors (Lipinski definition) is 1. The molecule has 5 nitrogen and oxygen atoms in total. The lowest BCUT2D eigenvalue weighted by atomic mass is 9.75. The maximum Gasteiger partial charge on any atom is 0.246 e. The molecule has 128 valence electrons. The molecule has 2 aliphatic heterocycles. The van der Waals surface area contributed by atoms with Gasteiger partial charge in [0.25, 0.3) is 0 Å². The molecule has 2 saturated heterocycles. The summed E-state index contributed by atoms with van der Waals surface area (Å²) in [7, 11) is -2.00. The highest BCUT2D eigenvalue weighted by atomic mass is 32.2. The van der Waals surface area contributed by atoms with Gasteiger partial charge >= 0.3 is 0 Å². The van der Waals surface area contributed by atoms with Crippen molar-refractivity contribution in [2.75, 3.05) is 33.3 Å². The maximum atomic E-state index is 13.2. The van der Waals surface area contributed by atoms with Gasteiger partial charge in [0.1, 0.15) is 10.6 Å². The lowest BCUT2D eigenvalue weighted by Crippen LogP contribution is -2.52. The van der Waals surface area contributed by atoms with Crippen LogP contribution >= 0.6 is 0 Å². The Morgan fingerprint density at radius 2 is 2.04 bits per heavy atom. The Morgan fingerprint density at radius 1 is 1.26 bits per heavy atom. The van der Waals surface area contributed by atoms with Crippen LogP contribution in [0.15, 0.2) is 23.1 Å². The van der Waals surface area contributed by atoms with E-state index in [1.165, 1.54) is 7.11 Å². The topological polar surface area (TPSA) is 58.6 Å². The minimum absolute atomic E-state index is 0.0978. The first-order chi connectivity index (χ1) is 11.0. The molecule has 1 aromatic carbocycles. The van der Waals surface area contributed by atoms with Gasteiger partial charge in [0.05, 0.1) is 7.11 Å². The lowest BCUT2D eigenvalue weighted by Gasteiger charge is -2.44. The predicted octanol–water partition coefficient (Wildman–Crippen LogP) is 2.16. The minimum Gasteiger partial charge on any atom is -0.495 e. The van der Waals surface area contributed by atoms with Gasteiger partial charge < -0.3 is 10.1 Å². The molecular weight excluding hydrogens is 312 g/mol. The molecular formula is C17H26N2O3S. The molecule has 23 heavy (non-hydrogen) atoms. The molecule has 0 aliphatic carbocycles. The molecule has 0 aromatic heterocycles. The van der Waals surface area contributed by atoms with Crippen molar-refractivity contribution in [2.24, 2.45) is 5.41 Å². The van der Waals surface area contributed by atoms with E-state index in [-0.39, 0.29) is 5.41 Å². The number of nitrogens with one attached hydrogen (secondary N) is 1. The Balaban J connectivity index is 1.91. The van der Waals surface area contributed by atoms with Crippen LogP contribution in [0, 0.1) is 12.3 Å². The highest BCUT2D eigenvalue weighted by Crippen LogP contribution is 2.39. The van der Waals surface area contributed by atoms with Gasteiger partial charge in [0, 0.05) is 19.6 Å². The number of sulfonamides is 1. The average molecular weight is 338 g/mol. The van der Waals surface area contributed by atoms with Crippen LogP contribution in [0.2, 0.25) is 0 Å². The summed E-state index contributed by atoms with van der Waals surface area (Å²) in [6.07, 6.45) is 4.27. The second-order valence-electron chi connectivity index (χ2n) is 6.88. The van der Waals surface area contributed by atoms with Crippen molar-refractivity contribution in [1.29, 1.82) is 0 Å². The number of benzene rings is 1. The summed E-state index contributed by atoms with van der Waals surface area (Å²) < 4.78 is 33.3. The standard InChI is InChI=1S/C17H26N2O3S/c1-14-5-6-15(22-2)16(11-14)23(20,21)19-10-4-8-17(13-19)7-3-9-18-12-17/h5-6,11,18H,3-4,7-10,12-13H2,1-2H3. The number of rotatable bonds is 3. The quantitative estimate of drug-likeness (QED) is 0.917. The lowest BCUT2D eigenvalue weighted by molar-refractivity contribution is 0.110. The fraction of sp³-hybridized carbons (Fsp3) is 0.647. The molecule has 1 N–H and O–H groups in total. The molecule has 2 heterocycles. The van der Waals surface area contributed by atoms with Gasteiger partial charge in [-0.1, -0.05) is 6.07 Å². The van der Waals surface area contributed by atoms with E-state index in [1.807, 2.05) is 13.0 Å². The van der Waals surface area contributed by atoms with Gasteiger partial charge in [-0.05, 0) is 62.3 Å². The van der Waals surface area contributed by atoms with Gasteiger partial charge in [-0.15, -0.1) is 0 Å². The highest BCUT2D eigenvalue weighted by Gasteiger charge is 2.41. The summed E-state index contributed by atoms with van der Waals surface area (Å²) in [6, 6.07) is 5.33. The summed E-state index contributed by atoms with van der Waals surface area (Å²) in [5, 5.41) is 3.44. The van der Waals surface area contributed by atoms with E-state index in [2.05, 4.69) is 5.32 Å². The second-order valence-corrected chi connectivity index (χ2v) is 8.78. The molecule has 1 unspecified atom stereocenters. The molecule has 1 spiro atoms. The van der Waals surface area contributed by atoms with Crippen LogP contribution in [-0.2, 0) is 10.0 Å². The second kappa shape index (κ2) is 6.42. The number of ether oxygens (including phenoxy) is 1. The normalized spacial score (nSPS) is 26.3. The van der Waals surface area contributed by atoms with E-state index < -0.39 is 10.0 Å². The van der Waals surface area contributed by atoms with Crippen LogP contribution in [0.4, 0.5) is 0 Å². The van der Waals surface area contributed by atoms with Crippen LogP contribution in [0.5, 0.6) is 5.75 Å². The molecule has 3 rings (SSSR count). The summed E-state index contributed by atoms with van der Waals surface area (Å²) in [4.78, 5) is 0.292. The highest BCUT2D eigenvalue weighted by molar-refractivity contribution is 7.89. The summed E-state index contributed by atoms with van der Waals surface area (Å²) in [6.45, 7) is 5.08. The van der Waals surface area contributed by atoms with E-state index in [0.717, 1.165) is 44.3 Å².